The van der Waals surface area contributed by atoms with Gasteiger partial charge in [0.15, 0.2) is 5.82 Å². The van der Waals surface area contributed by atoms with Crippen molar-refractivity contribution in [1.82, 2.24) is 40.6 Å². The summed E-state index contributed by atoms with van der Waals surface area (Å²) in [6, 6.07) is 13.9. The Balaban J connectivity index is 1.33. The molecule has 3 amide bonds. The van der Waals surface area contributed by atoms with Gasteiger partial charge in [0.2, 0.25) is 5.91 Å². The lowest BCUT2D eigenvalue weighted by molar-refractivity contribution is -0.131. The first kappa shape index (κ1) is 31.0. The van der Waals surface area contributed by atoms with E-state index in [1.54, 1.807) is 42.9 Å². The number of benzene rings is 2. The summed E-state index contributed by atoms with van der Waals surface area (Å²) < 4.78 is 0. The Labute approximate surface area is 274 Å². The number of amides is 3. The number of H-pyrrole nitrogens is 1. The second-order valence-electron chi connectivity index (χ2n) is 14.1. The van der Waals surface area contributed by atoms with Crippen molar-refractivity contribution >= 4 is 17.7 Å². The van der Waals surface area contributed by atoms with Crippen molar-refractivity contribution in [2.45, 2.75) is 68.5 Å². The average Bonchev–Trinajstić information content (AvgIpc) is 3.98. The van der Waals surface area contributed by atoms with Gasteiger partial charge < -0.3 is 20.0 Å². The van der Waals surface area contributed by atoms with Crippen molar-refractivity contribution in [3.8, 4) is 6.07 Å². The van der Waals surface area contributed by atoms with Crippen molar-refractivity contribution < 1.29 is 14.4 Å². The molecule has 2 aromatic carbocycles. The fourth-order valence-corrected chi connectivity index (χ4v) is 8.02. The number of tetrazole rings is 1. The zero-order valence-electron chi connectivity index (χ0n) is 27.4. The van der Waals surface area contributed by atoms with Crippen LogP contribution in [0.15, 0.2) is 36.4 Å². The van der Waals surface area contributed by atoms with Crippen LogP contribution < -0.4 is 5.32 Å². The number of carbonyl (C=O) groups excluding carboxylic acids is 3. The van der Waals surface area contributed by atoms with Crippen LogP contribution in [0, 0.1) is 23.2 Å². The minimum Gasteiger partial charge on any atom is -0.345 e. The Morgan fingerprint density at radius 3 is 2.13 bits per heavy atom. The van der Waals surface area contributed by atoms with Crippen LogP contribution in [0.4, 0.5) is 0 Å². The lowest BCUT2D eigenvalue weighted by Gasteiger charge is -2.38. The molecule has 12 heteroatoms. The second-order valence-corrected chi connectivity index (χ2v) is 14.1. The maximum absolute atomic E-state index is 13.6. The fraction of sp³-hybridized carbons (Fsp3) is 0.514. The van der Waals surface area contributed by atoms with Crippen LogP contribution >= 0.6 is 0 Å². The average molecular weight is 636 g/mol. The van der Waals surface area contributed by atoms with Crippen LogP contribution in [0.3, 0.4) is 0 Å². The lowest BCUT2D eigenvalue weighted by Crippen LogP contribution is -2.48. The number of rotatable bonds is 9. The smallest absolute Gasteiger partial charge is 0.253 e. The van der Waals surface area contributed by atoms with Gasteiger partial charge in [-0.05, 0) is 114 Å². The molecule has 0 bridgehead atoms. The van der Waals surface area contributed by atoms with Crippen molar-refractivity contribution in [2.75, 3.05) is 34.7 Å². The normalized spacial score (nSPS) is 22.6. The monoisotopic (exact) mass is 635 g/mol. The van der Waals surface area contributed by atoms with E-state index in [0.717, 1.165) is 47.9 Å². The molecule has 3 aliphatic carbocycles. The first-order valence-electron chi connectivity index (χ1n) is 16.5. The minimum atomic E-state index is -0.863. The van der Waals surface area contributed by atoms with Crippen LogP contribution in [0.25, 0.3) is 0 Å². The van der Waals surface area contributed by atoms with Gasteiger partial charge in [-0.2, -0.15) is 5.26 Å². The predicted molar refractivity (Wildman–Crippen MR) is 172 cm³/mol. The summed E-state index contributed by atoms with van der Waals surface area (Å²) in [6.07, 6.45) is 5.71. The Bertz CT molecular complexity index is 1690. The summed E-state index contributed by atoms with van der Waals surface area (Å²) in [5, 5.41) is 29.1. The molecule has 2 N–H and O–H groups in total. The van der Waals surface area contributed by atoms with Crippen LogP contribution in [-0.2, 0) is 23.1 Å². The zero-order valence-corrected chi connectivity index (χ0v) is 27.4. The molecule has 1 aliphatic heterocycles. The molecule has 4 aliphatic rings. The first-order valence-corrected chi connectivity index (χ1v) is 16.5. The van der Waals surface area contributed by atoms with E-state index in [1.165, 1.54) is 0 Å². The molecule has 1 saturated heterocycles. The molecule has 3 aromatic rings. The molecule has 1 unspecified atom stereocenters. The third kappa shape index (κ3) is 5.46. The summed E-state index contributed by atoms with van der Waals surface area (Å²) in [6.45, 7) is 0.152. The first-order chi connectivity index (χ1) is 22.6. The number of aromatic nitrogens is 4. The molecule has 2 saturated carbocycles. The molecule has 1 aromatic heterocycles. The van der Waals surface area contributed by atoms with E-state index in [-0.39, 0.29) is 42.4 Å². The van der Waals surface area contributed by atoms with Crippen molar-refractivity contribution in [2.24, 2.45) is 11.8 Å². The SMILES string of the molecule is CN(C)C(=O)c1ccc2c(c1)CCc1cc(C(=O)N(C)C)ccc1C2(C[C@H](NCC(=O)N1C(C#N)C[C@@H]2C[C@@H]21)C1CC1)c1nnn[nH]1. The molecule has 47 heavy (non-hydrogen) atoms. The number of carbonyl (C=O) groups is 3. The number of aryl methyl sites for hydroxylation is 2. The van der Waals surface area contributed by atoms with Crippen molar-refractivity contribution in [1.29, 1.82) is 5.26 Å². The molecule has 2 heterocycles. The molecular weight excluding hydrogens is 594 g/mol. The number of piperidine rings is 1. The highest BCUT2D eigenvalue weighted by Gasteiger charge is 2.54. The van der Waals surface area contributed by atoms with Gasteiger partial charge in [-0.1, -0.05) is 12.1 Å². The number of nitrogens with zero attached hydrogens (tertiary/aromatic N) is 7. The van der Waals surface area contributed by atoms with E-state index in [4.69, 9.17) is 0 Å². The van der Waals surface area contributed by atoms with Crippen LogP contribution in [0.5, 0.6) is 0 Å². The van der Waals surface area contributed by atoms with Gasteiger partial charge >= 0.3 is 0 Å². The van der Waals surface area contributed by atoms with Gasteiger partial charge in [-0.15, -0.1) is 5.10 Å². The van der Waals surface area contributed by atoms with Gasteiger partial charge in [0, 0.05) is 51.4 Å². The predicted octanol–water partition coefficient (Wildman–Crippen LogP) is 2.31. The Morgan fingerprint density at radius 2 is 1.62 bits per heavy atom. The molecule has 0 radical (unpaired) electrons. The highest BCUT2D eigenvalue weighted by Crippen LogP contribution is 2.50. The molecular formula is C35H41N9O3. The third-order valence-corrected chi connectivity index (χ3v) is 10.6. The second kappa shape index (κ2) is 11.9. The van der Waals surface area contributed by atoms with E-state index in [1.807, 2.05) is 36.4 Å². The zero-order chi connectivity index (χ0) is 33.0. The summed E-state index contributed by atoms with van der Waals surface area (Å²) in [4.78, 5) is 44.7. The van der Waals surface area contributed by atoms with Crippen molar-refractivity contribution in [3.63, 3.8) is 0 Å². The van der Waals surface area contributed by atoms with E-state index >= 15 is 0 Å². The highest BCUT2D eigenvalue weighted by atomic mass is 16.2. The number of nitrogens with one attached hydrogen (secondary N) is 2. The van der Waals surface area contributed by atoms with Gasteiger partial charge in [0.1, 0.15) is 6.04 Å². The van der Waals surface area contributed by atoms with Gasteiger partial charge in [-0.25, -0.2) is 5.10 Å². The van der Waals surface area contributed by atoms with E-state index in [2.05, 4.69) is 32.0 Å². The third-order valence-electron chi connectivity index (χ3n) is 10.6. The Hall–Kier alpha value is -4.63. The Kier molecular flexibility index (Phi) is 7.83. The standard InChI is InChI=1S/C35H41N9O3/c1-42(2)32(46)23-9-11-27-21(13-23)7-8-22-14-24(33(47)43(3)4)10-12-28(22)35(27,34-38-40-41-39-34)17-29(20-5-6-20)37-19-31(45)44-26(18-36)15-25-16-30(25)44/h9-14,20,25-26,29-30,37H,5-8,15-17,19H2,1-4H3,(H,38,39,40,41)/t25-,26?,29+,30+/m1/s1. The summed E-state index contributed by atoms with van der Waals surface area (Å²) in [5.74, 6) is 1.21. The molecule has 0 spiro atoms. The van der Waals surface area contributed by atoms with E-state index in [9.17, 15) is 19.6 Å². The molecule has 244 valence electrons. The van der Waals surface area contributed by atoms with Gasteiger partial charge in [0.25, 0.3) is 11.8 Å². The van der Waals surface area contributed by atoms with Gasteiger partial charge in [0.05, 0.1) is 18.0 Å². The maximum atomic E-state index is 13.6. The number of aromatic amines is 1. The summed E-state index contributed by atoms with van der Waals surface area (Å²) in [5.41, 5.74) is 4.38. The molecule has 4 atom stereocenters. The highest BCUT2D eigenvalue weighted by molar-refractivity contribution is 5.95. The summed E-state index contributed by atoms with van der Waals surface area (Å²) >= 11 is 0. The Morgan fingerprint density at radius 1 is 1.00 bits per heavy atom. The van der Waals surface area contributed by atoms with Crippen LogP contribution in [0.2, 0.25) is 0 Å². The number of fused-ring (bicyclic) bond motifs is 3. The minimum absolute atomic E-state index is 0.0251. The number of nitriles is 1. The molecule has 7 rings (SSSR count). The fourth-order valence-electron chi connectivity index (χ4n) is 8.02. The maximum Gasteiger partial charge on any atom is 0.253 e. The van der Waals surface area contributed by atoms with E-state index < -0.39 is 5.41 Å². The topological polar surface area (TPSA) is 151 Å². The van der Waals surface area contributed by atoms with Crippen LogP contribution in [0.1, 0.15) is 80.9 Å². The quantitative estimate of drug-likeness (QED) is 0.364. The van der Waals surface area contributed by atoms with E-state index in [0.29, 0.717) is 48.0 Å². The molecule has 12 nitrogen and oxygen atoms in total. The summed E-state index contributed by atoms with van der Waals surface area (Å²) in [7, 11) is 6.98. The van der Waals surface area contributed by atoms with Gasteiger partial charge in [-0.3, -0.25) is 14.4 Å². The lowest BCUT2D eigenvalue weighted by atomic mass is 9.67. The number of hydrogen-bond acceptors (Lipinski definition) is 8. The number of likely N-dealkylation sites (tertiary alicyclic amines) is 1. The van der Waals surface area contributed by atoms with Crippen LogP contribution in [-0.4, -0.2) is 106 Å². The number of hydrogen-bond donors (Lipinski definition) is 2. The van der Waals surface area contributed by atoms with Crippen molar-refractivity contribution in [3.05, 3.63) is 75.6 Å². The largest absolute Gasteiger partial charge is 0.345 e. The molecule has 3 fully saturated rings.